The number of fused-ring (bicyclic) bond motifs is 1. The van der Waals surface area contributed by atoms with Crippen LogP contribution >= 0.6 is 11.3 Å². The Morgan fingerprint density at radius 3 is 2.52 bits per heavy atom. The van der Waals surface area contributed by atoms with Gasteiger partial charge in [-0.05, 0) is 54.5 Å². The molecule has 1 aliphatic rings. The van der Waals surface area contributed by atoms with Gasteiger partial charge in [-0.25, -0.2) is 8.42 Å². The van der Waals surface area contributed by atoms with Gasteiger partial charge >= 0.3 is 0 Å². The quantitative estimate of drug-likeness (QED) is 0.682. The van der Waals surface area contributed by atoms with Crippen molar-refractivity contribution in [3.63, 3.8) is 0 Å². The van der Waals surface area contributed by atoms with Crippen molar-refractivity contribution < 1.29 is 13.2 Å². The van der Waals surface area contributed by atoms with E-state index in [1.54, 1.807) is 17.5 Å². The highest BCUT2D eigenvalue weighted by Crippen LogP contribution is 2.31. The number of amides is 1. The Morgan fingerprint density at radius 2 is 1.83 bits per heavy atom. The maximum absolute atomic E-state index is 13.3. The second-order valence-corrected chi connectivity index (χ2v) is 10.3. The highest BCUT2D eigenvalue weighted by Gasteiger charge is 2.40. The molecule has 29 heavy (non-hydrogen) atoms. The van der Waals surface area contributed by atoms with Crippen LogP contribution < -0.4 is 5.32 Å². The molecular weight excluding hydrogens is 404 g/mol. The van der Waals surface area contributed by atoms with Gasteiger partial charge in [0.25, 0.3) is 10.0 Å². The summed E-state index contributed by atoms with van der Waals surface area (Å²) in [5.41, 5.74) is 4.69. The lowest BCUT2D eigenvalue weighted by Crippen LogP contribution is -2.50. The molecule has 2 aromatic carbocycles. The highest BCUT2D eigenvalue weighted by atomic mass is 32.2. The maximum Gasteiger partial charge on any atom is 0.253 e. The van der Waals surface area contributed by atoms with Gasteiger partial charge in [0.1, 0.15) is 10.3 Å². The molecular formula is C22H22N2O3S2. The summed E-state index contributed by atoms with van der Waals surface area (Å²) in [6.45, 7) is 4.10. The molecule has 1 atom stereocenters. The van der Waals surface area contributed by atoms with Gasteiger partial charge in [0.2, 0.25) is 5.91 Å². The van der Waals surface area contributed by atoms with Crippen LogP contribution in [0.1, 0.15) is 22.3 Å². The average molecular weight is 427 g/mol. The first-order valence-electron chi connectivity index (χ1n) is 9.36. The standard InChI is InChI=1S/C22H22N2O3S2/c1-15-9-10-19(16(2)12-15)23-22(25)20-13-17-6-3-4-7-18(17)14-24(20)29(26,27)21-8-5-11-28-21/h3-12,20H,13-14H2,1-2H3,(H,23,25)/t20-/m1/s1. The van der Waals surface area contributed by atoms with Crippen LogP contribution in [0.4, 0.5) is 5.69 Å². The van der Waals surface area contributed by atoms with E-state index in [1.165, 1.54) is 15.6 Å². The van der Waals surface area contributed by atoms with Crippen molar-refractivity contribution in [2.24, 2.45) is 0 Å². The van der Waals surface area contributed by atoms with Crippen LogP contribution in [0.5, 0.6) is 0 Å². The predicted octanol–water partition coefficient (Wildman–Crippen LogP) is 4.12. The molecule has 1 amide bonds. The van der Waals surface area contributed by atoms with Crippen molar-refractivity contribution in [2.75, 3.05) is 5.32 Å². The van der Waals surface area contributed by atoms with Gasteiger partial charge < -0.3 is 5.32 Å². The van der Waals surface area contributed by atoms with E-state index in [9.17, 15) is 13.2 Å². The van der Waals surface area contributed by atoms with Crippen molar-refractivity contribution in [3.05, 3.63) is 82.2 Å². The van der Waals surface area contributed by atoms with Crippen LogP contribution in [0.15, 0.2) is 64.2 Å². The first-order chi connectivity index (χ1) is 13.9. The summed E-state index contributed by atoms with van der Waals surface area (Å²) >= 11 is 1.17. The fourth-order valence-electron chi connectivity index (χ4n) is 3.67. The van der Waals surface area contributed by atoms with Gasteiger partial charge in [-0.3, -0.25) is 4.79 Å². The van der Waals surface area contributed by atoms with E-state index in [1.807, 2.05) is 56.3 Å². The van der Waals surface area contributed by atoms with Crippen LogP contribution in [0.2, 0.25) is 0 Å². The zero-order valence-corrected chi connectivity index (χ0v) is 17.9. The second kappa shape index (κ2) is 7.74. The first kappa shape index (κ1) is 19.8. The number of nitrogens with one attached hydrogen (secondary N) is 1. The largest absolute Gasteiger partial charge is 0.324 e. The third-order valence-electron chi connectivity index (χ3n) is 5.21. The first-order valence-corrected chi connectivity index (χ1v) is 11.7. The van der Waals surface area contributed by atoms with E-state index in [0.717, 1.165) is 22.3 Å². The van der Waals surface area contributed by atoms with Gasteiger partial charge in [0.05, 0.1) is 0 Å². The molecule has 0 bridgehead atoms. The number of aryl methyl sites for hydroxylation is 2. The molecule has 4 rings (SSSR count). The molecule has 7 heteroatoms. The number of benzene rings is 2. The molecule has 0 saturated carbocycles. The molecule has 0 radical (unpaired) electrons. The van der Waals surface area contributed by atoms with Crippen LogP contribution in [-0.4, -0.2) is 24.7 Å². The monoisotopic (exact) mass is 426 g/mol. The summed E-state index contributed by atoms with van der Waals surface area (Å²) in [6.07, 6.45) is 0.345. The molecule has 1 aromatic heterocycles. The Bertz CT molecular complexity index is 1150. The van der Waals surface area contributed by atoms with Crippen LogP contribution in [0.3, 0.4) is 0 Å². The molecule has 2 heterocycles. The zero-order valence-electron chi connectivity index (χ0n) is 16.3. The SMILES string of the molecule is Cc1ccc(NC(=O)[C@H]2Cc3ccccc3CN2S(=O)(=O)c2cccs2)c(C)c1. The minimum Gasteiger partial charge on any atom is -0.324 e. The molecule has 3 aromatic rings. The Morgan fingerprint density at radius 1 is 1.07 bits per heavy atom. The van der Waals surface area contributed by atoms with Crippen molar-refractivity contribution in [1.29, 1.82) is 0 Å². The number of hydrogen-bond acceptors (Lipinski definition) is 4. The Kier molecular flexibility index (Phi) is 5.29. The summed E-state index contributed by atoms with van der Waals surface area (Å²) in [4.78, 5) is 13.2. The number of sulfonamides is 1. The van der Waals surface area contributed by atoms with E-state index in [4.69, 9.17) is 0 Å². The van der Waals surface area contributed by atoms with E-state index in [2.05, 4.69) is 5.32 Å². The molecule has 0 spiro atoms. The third kappa shape index (κ3) is 3.85. The van der Waals surface area contributed by atoms with Crippen molar-refractivity contribution in [3.8, 4) is 0 Å². The Balaban J connectivity index is 1.71. The van der Waals surface area contributed by atoms with Crippen molar-refractivity contribution in [1.82, 2.24) is 4.31 Å². The molecule has 1 aliphatic heterocycles. The molecule has 150 valence electrons. The van der Waals surface area contributed by atoms with Crippen LogP contribution in [-0.2, 0) is 27.8 Å². The fourth-order valence-corrected chi connectivity index (χ4v) is 6.36. The fraction of sp³-hybridized carbons (Fsp3) is 0.227. The maximum atomic E-state index is 13.3. The number of hydrogen-bond donors (Lipinski definition) is 1. The Labute approximate surface area is 175 Å². The average Bonchev–Trinajstić information content (AvgIpc) is 3.25. The van der Waals surface area contributed by atoms with Gasteiger partial charge in [-0.1, -0.05) is 48.0 Å². The Hall–Kier alpha value is -2.48. The van der Waals surface area contributed by atoms with E-state index < -0.39 is 16.1 Å². The summed E-state index contributed by atoms with van der Waals surface area (Å²) in [6, 6.07) is 16.0. The van der Waals surface area contributed by atoms with Crippen LogP contribution in [0, 0.1) is 13.8 Å². The summed E-state index contributed by atoms with van der Waals surface area (Å²) < 4.78 is 28.2. The number of rotatable bonds is 4. The number of carbonyl (C=O) groups is 1. The molecule has 0 aliphatic carbocycles. The van der Waals surface area contributed by atoms with E-state index >= 15 is 0 Å². The second-order valence-electron chi connectivity index (χ2n) is 7.28. The zero-order chi connectivity index (χ0) is 20.6. The van der Waals surface area contributed by atoms with Crippen molar-refractivity contribution in [2.45, 2.75) is 37.1 Å². The predicted molar refractivity (Wildman–Crippen MR) is 116 cm³/mol. The van der Waals surface area contributed by atoms with Gasteiger partial charge in [0.15, 0.2) is 0 Å². The number of carbonyl (C=O) groups excluding carboxylic acids is 1. The lowest BCUT2D eigenvalue weighted by molar-refractivity contribution is -0.120. The molecule has 1 N–H and O–H groups in total. The molecule has 5 nitrogen and oxygen atoms in total. The smallest absolute Gasteiger partial charge is 0.253 e. The van der Waals surface area contributed by atoms with Crippen molar-refractivity contribution >= 4 is 33.0 Å². The topological polar surface area (TPSA) is 66.5 Å². The number of nitrogens with zero attached hydrogens (tertiary/aromatic N) is 1. The summed E-state index contributed by atoms with van der Waals surface area (Å²) in [7, 11) is -3.77. The number of anilines is 1. The summed E-state index contributed by atoms with van der Waals surface area (Å²) in [5, 5.41) is 4.68. The minimum absolute atomic E-state index is 0.182. The van der Waals surface area contributed by atoms with Gasteiger partial charge in [-0.15, -0.1) is 11.3 Å². The molecule has 0 unspecified atom stereocenters. The third-order valence-corrected chi connectivity index (χ3v) is 8.43. The number of thiophene rings is 1. The van der Waals surface area contributed by atoms with Gasteiger partial charge in [0, 0.05) is 12.2 Å². The molecule has 0 saturated heterocycles. The van der Waals surface area contributed by atoms with Crippen LogP contribution in [0.25, 0.3) is 0 Å². The minimum atomic E-state index is -3.77. The van der Waals surface area contributed by atoms with Gasteiger partial charge in [-0.2, -0.15) is 4.31 Å². The van der Waals surface area contributed by atoms with E-state index in [0.29, 0.717) is 12.1 Å². The highest BCUT2D eigenvalue weighted by molar-refractivity contribution is 7.91. The molecule has 0 fully saturated rings. The lowest BCUT2D eigenvalue weighted by Gasteiger charge is -2.34. The lowest BCUT2D eigenvalue weighted by atomic mass is 9.95. The normalized spacial score (nSPS) is 17.0. The van der Waals surface area contributed by atoms with E-state index in [-0.39, 0.29) is 16.7 Å². The summed E-state index contributed by atoms with van der Waals surface area (Å²) in [5.74, 6) is -0.313.